The Labute approximate surface area is 102 Å². The van der Waals surface area contributed by atoms with Crippen molar-refractivity contribution in [1.82, 2.24) is 0 Å². The first-order chi connectivity index (χ1) is 6.95. The van der Waals surface area contributed by atoms with Gasteiger partial charge < -0.3 is 0 Å². The molecule has 0 aromatic heterocycles. The van der Waals surface area contributed by atoms with Crippen molar-refractivity contribution in [1.29, 1.82) is 0 Å². The fraction of sp³-hybridized carbons (Fsp3) is 0.364. The topological polar surface area (TPSA) is 17.1 Å². The normalized spacial score (nSPS) is 14.7. The van der Waals surface area contributed by atoms with E-state index in [1.54, 1.807) is 19.1 Å². The minimum atomic E-state index is -0.410. The molecule has 1 nitrogen and oxygen atoms in total. The summed E-state index contributed by atoms with van der Waals surface area (Å²) in [5, 5.41) is 0.355. The molecule has 0 spiro atoms. The van der Waals surface area contributed by atoms with Crippen LogP contribution in [0, 0.1) is 5.82 Å². The fourth-order valence-electron chi connectivity index (χ4n) is 1.44. The van der Waals surface area contributed by atoms with Gasteiger partial charge in [0.2, 0.25) is 0 Å². The van der Waals surface area contributed by atoms with Gasteiger partial charge in [0, 0.05) is 16.5 Å². The van der Waals surface area contributed by atoms with Crippen molar-refractivity contribution in [2.24, 2.45) is 0 Å². The molecular formula is C11H11BrClFO. The molecule has 0 saturated carbocycles. The van der Waals surface area contributed by atoms with Gasteiger partial charge in [-0.25, -0.2) is 4.39 Å². The lowest BCUT2D eigenvalue weighted by Crippen LogP contribution is -2.18. The lowest BCUT2D eigenvalue weighted by atomic mass is 9.95. The number of ketones is 1. The zero-order chi connectivity index (χ0) is 11.6. The summed E-state index contributed by atoms with van der Waals surface area (Å²) < 4.78 is 13.5. The molecule has 2 unspecified atom stereocenters. The van der Waals surface area contributed by atoms with Crippen LogP contribution in [-0.2, 0) is 4.79 Å². The Balaban J connectivity index is 3.10. The second-order valence-corrected chi connectivity index (χ2v) is 4.83. The van der Waals surface area contributed by atoms with E-state index in [9.17, 15) is 9.18 Å². The maximum Gasteiger partial charge on any atom is 0.144 e. The van der Waals surface area contributed by atoms with Crippen molar-refractivity contribution < 1.29 is 9.18 Å². The summed E-state index contributed by atoms with van der Waals surface area (Å²) >= 11 is 9.14. The van der Waals surface area contributed by atoms with Crippen LogP contribution >= 0.6 is 27.5 Å². The van der Waals surface area contributed by atoms with Gasteiger partial charge in [0.1, 0.15) is 11.6 Å². The van der Waals surface area contributed by atoms with Gasteiger partial charge in [-0.1, -0.05) is 40.5 Å². The highest BCUT2D eigenvalue weighted by Gasteiger charge is 2.24. The molecule has 1 rings (SSSR count). The second-order valence-electron chi connectivity index (χ2n) is 3.44. The summed E-state index contributed by atoms with van der Waals surface area (Å²) in [7, 11) is 0. The van der Waals surface area contributed by atoms with Gasteiger partial charge >= 0.3 is 0 Å². The molecule has 82 valence electrons. The predicted octanol–water partition coefficient (Wildman–Crippen LogP) is 3.94. The standard InChI is InChI=1S/C11H11BrClFO/c1-6(11(12)7(2)15)10-8(13)4-3-5-9(10)14/h3-6,11H,1-2H3. The Morgan fingerprint density at radius 3 is 2.60 bits per heavy atom. The van der Waals surface area contributed by atoms with E-state index in [4.69, 9.17) is 11.6 Å². The van der Waals surface area contributed by atoms with Crippen LogP contribution in [0.25, 0.3) is 0 Å². The summed E-state index contributed by atoms with van der Waals surface area (Å²) in [6.45, 7) is 3.23. The highest BCUT2D eigenvalue weighted by molar-refractivity contribution is 9.10. The fourth-order valence-corrected chi connectivity index (χ4v) is 2.04. The second kappa shape index (κ2) is 5.08. The van der Waals surface area contributed by atoms with E-state index in [-0.39, 0.29) is 17.5 Å². The predicted molar refractivity (Wildman–Crippen MR) is 63.2 cm³/mol. The van der Waals surface area contributed by atoms with E-state index < -0.39 is 4.83 Å². The third-order valence-electron chi connectivity index (χ3n) is 2.28. The molecule has 2 atom stereocenters. The monoisotopic (exact) mass is 292 g/mol. The molecule has 0 amide bonds. The van der Waals surface area contributed by atoms with Crippen molar-refractivity contribution in [3.05, 3.63) is 34.6 Å². The van der Waals surface area contributed by atoms with Gasteiger partial charge in [-0.15, -0.1) is 0 Å². The van der Waals surface area contributed by atoms with Crippen molar-refractivity contribution >= 4 is 33.3 Å². The van der Waals surface area contributed by atoms with E-state index in [2.05, 4.69) is 15.9 Å². The molecule has 0 saturated heterocycles. The molecule has 0 fully saturated rings. The number of alkyl halides is 1. The van der Waals surface area contributed by atoms with Gasteiger partial charge in [0.25, 0.3) is 0 Å². The van der Waals surface area contributed by atoms with Crippen LogP contribution in [0.15, 0.2) is 18.2 Å². The molecule has 0 N–H and O–H groups in total. The number of rotatable bonds is 3. The molecular weight excluding hydrogens is 282 g/mol. The van der Waals surface area contributed by atoms with Crippen molar-refractivity contribution in [2.75, 3.05) is 0 Å². The summed E-state index contributed by atoms with van der Waals surface area (Å²) in [4.78, 5) is 10.8. The Bertz CT molecular complexity index is 361. The van der Waals surface area contributed by atoms with Crippen LogP contribution in [-0.4, -0.2) is 10.6 Å². The average molecular weight is 294 g/mol. The quantitative estimate of drug-likeness (QED) is 0.772. The Kier molecular flexibility index (Phi) is 4.29. The minimum absolute atomic E-state index is 0.0400. The third kappa shape index (κ3) is 2.79. The number of hydrogen-bond donors (Lipinski definition) is 0. The zero-order valence-electron chi connectivity index (χ0n) is 8.43. The van der Waals surface area contributed by atoms with Gasteiger partial charge in [0.15, 0.2) is 0 Å². The van der Waals surface area contributed by atoms with Gasteiger partial charge in [-0.3, -0.25) is 4.79 Å². The first kappa shape index (κ1) is 12.7. The van der Waals surface area contributed by atoms with Gasteiger partial charge in [-0.05, 0) is 19.1 Å². The van der Waals surface area contributed by atoms with E-state index in [1.165, 1.54) is 13.0 Å². The highest BCUT2D eigenvalue weighted by Crippen LogP contribution is 2.32. The number of halogens is 3. The first-order valence-corrected chi connectivity index (χ1v) is 5.83. The maximum absolute atomic E-state index is 13.5. The summed E-state index contributed by atoms with van der Waals surface area (Å²) in [6.07, 6.45) is 0. The molecule has 0 aliphatic rings. The molecule has 15 heavy (non-hydrogen) atoms. The number of Topliss-reactive ketones (excluding diaryl/α,β-unsaturated/α-hetero) is 1. The van der Waals surface area contributed by atoms with Crippen molar-refractivity contribution in [3.63, 3.8) is 0 Å². The van der Waals surface area contributed by atoms with Gasteiger partial charge in [-0.2, -0.15) is 0 Å². The molecule has 0 aliphatic heterocycles. The van der Waals surface area contributed by atoms with Crippen LogP contribution in [0.5, 0.6) is 0 Å². The molecule has 1 aromatic rings. The molecule has 4 heteroatoms. The van der Waals surface area contributed by atoms with E-state index in [0.29, 0.717) is 10.6 Å². The number of carbonyl (C=O) groups is 1. The molecule has 0 aliphatic carbocycles. The number of hydrogen-bond acceptors (Lipinski definition) is 1. The lowest BCUT2D eigenvalue weighted by molar-refractivity contribution is -0.116. The summed E-state index contributed by atoms with van der Waals surface area (Å²) in [6, 6.07) is 4.51. The minimum Gasteiger partial charge on any atom is -0.299 e. The average Bonchev–Trinajstić information content (AvgIpc) is 2.15. The zero-order valence-corrected chi connectivity index (χ0v) is 10.8. The smallest absolute Gasteiger partial charge is 0.144 e. The van der Waals surface area contributed by atoms with Crippen molar-refractivity contribution in [2.45, 2.75) is 24.6 Å². The maximum atomic E-state index is 13.5. The van der Waals surface area contributed by atoms with Crippen LogP contribution in [0.4, 0.5) is 4.39 Å². The van der Waals surface area contributed by atoms with Gasteiger partial charge in [0.05, 0.1) is 4.83 Å². The van der Waals surface area contributed by atoms with Crippen molar-refractivity contribution in [3.8, 4) is 0 Å². The van der Waals surface area contributed by atoms with E-state index in [0.717, 1.165) is 0 Å². The number of benzene rings is 1. The lowest BCUT2D eigenvalue weighted by Gasteiger charge is -2.18. The molecule has 0 radical (unpaired) electrons. The van der Waals surface area contributed by atoms with Crippen LogP contribution in [0.2, 0.25) is 5.02 Å². The molecule has 0 bridgehead atoms. The van der Waals surface area contributed by atoms with E-state index in [1.807, 2.05) is 0 Å². The van der Waals surface area contributed by atoms with Crippen LogP contribution in [0.3, 0.4) is 0 Å². The number of carbonyl (C=O) groups excluding carboxylic acids is 1. The Hall–Kier alpha value is -0.410. The third-order valence-corrected chi connectivity index (χ3v) is 4.05. The van der Waals surface area contributed by atoms with Crippen LogP contribution in [0.1, 0.15) is 25.3 Å². The summed E-state index contributed by atoms with van der Waals surface area (Å²) in [5.74, 6) is -0.696. The Morgan fingerprint density at radius 1 is 1.53 bits per heavy atom. The highest BCUT2D eigenvalue weighted by atomic mass is 79.9. The van der Waals surface area contributed by atoms with Crippen LogP contribution < -0.4 is 0 Å². The largest absolute Gasteiger partial charge is 0.299 e. The van der Waals surface area contributed by atoms with E-state index >= 15 is 0 Å². The SMILES string of the molecule is CC(=O)C(Br)C(C)c1c(F)cccc1Cl. The summed E-state index contributed by atoms with van der Waals surface area (Å²) in [5.41, 5.74) is 0.385. The molecule has 0 heterocycles. The Morgan fingerprint density at radius 2 is 2.13 bits per heavy atom. The molecule has 1 aromatic carbocycles. The first-order valence-electron chi connectivity index (χ1n) is 4.53.